The Labute approximate surface area is 526 Å². The minimum atomic E-state index is -1.75. The zero-order chi connectivity index (χ0) is 65.4. The van der Waals surface area contributed by atoms with E-state index in [4.69, 9.17) is 22.9 Å². The lowest BCUT2D eigenvalue weighted by Gasteiger charge is -2.50. The molecule has 2 aliphatic heterocycles. The highest BCUT2D eigenvalue weighted by Crippen LogP contribution is 2.61. The fraction of sp³-hybridized carbons (Fsp3) is 0.623. The van der Waals surface area contributed by atoms with Gasteiger partial charge in [-0.05, 0) is 140 Å². The number of phenolic OH excluding ortho intramolecular Hbond substituents is 2. The molecule has 7 rings (SSSR count). The molecular weight excluding hydrogens is 1190 g/mol. The van der Waals surface area contributed by atoms with E-state index in [1.165, 1.54) is 59.6 Å². The van der Waals surface area contributed by atoms with Crippen LogP contribution in [0.25, 0.3) is 0 Å². The Morgan fingerprint density at radius 2 is 1.40 bits per heavy atom. The van der Waals surface area contributed by atoms with Crippen molar-refractivity contribution in [1.82, 2.24) is 42.1 Å². The minimum absolute atomic E-state index is 0.0468. The molecule has 3 aliphatic carbocycles. The van der Waals surface area contributed by atoms with Crippen LogP contribution in [-0.2, 0) is 65.6 Å². The number of aliphatic hydroxyl groups excluding tert-OH is 1. The van der Waals surface area contributed by atoms with Gasteiger partial charge in [-0.1, -0.05) is 80.8 Å². The summed E-state index contributed by atoms with van der Waals surface area (Å²) in [5, 5.41) is 47.7. The Hall–Kier alpha value is -7.17. The number of phenols is 2. The average Bonchev–Trinajstić information content (AvgIpc) is 1.96. The van der Waals surface area contributed by atoms with E-state index < -0.39 is 145 Å². The van der Waals surface area contributed by atoms with E-state index >= 15 is 0 Å². The third-order valence-corrected chi connectivity index (χ3v) is 20.4. The number of nitrogens with two attached hydrogens (primary N) is 4. The number of hydrogen-bond acceptors (Lipinski definition) is 17. The molecule has 2 aromatic rings. The van der Waals surface area contributed by atoms with Crippen LogP contribution in [0.4, 0.5) is 0 Å². The molecule has 18 N–H and O–H groups in total. The van der Waals surface area contributed by atoms with Crippen molar-refractivity contribution in [3.8, 4) is 11.5 Å². The minimum Gasteiger partial charge on any atom is -0.508 e. The lowest BCUT2D eigenvalue weighted by Crippen LogP contribution is -2.61. The van der Waals surface area contributed by atoms with Crippen LogP contribution in [0.15, 0.2) is 42.5 Å². The van der Waals surface area contributed by atoms with Crippen molar-refractivity contribution in [2.45, 2.75) is 185 Å². The van der Waals surface area contributed by atoms with Crippen LogP contribution in [0.1, 0.15) is 134 Å². The largest absolute Gasteiger partial charge is 0.508 e. The number of carbonyl (C=O) groups is 11. The molecule has 2 saturated carbocycles. The highest BCUT2D eigenvalue weighted by atomic mass is 33.1. The molecule has 2 saturated heterocycles. The van der Waals surface area contributed by atoms with Gasteiger partial charge in [0.15, 0.2) is 0 Å². The number of benzene rings is 2. The van der Waals surface area contributed by atoms with E-state index in [2.05, 4.69) is 50.2 Å². The van der Waals surface area contributed by atoms with Gasteiger partial charge in [0.25, 0.3) is 0 Å². The van der Waals surface area contributed by atoms with E-state index in [0.717, 1.165) is 46.8 Å². The van der Waals surface area contributed by atoms with Gasteiger partial charge in [-0.25, -0.2) is 0 Å². The van der Waals surface area contributed by atoms with Gasteiger partial charge >= 0.3 is 0 Å². The maximum Gasteiger partial charge on any atom is 0.246 e. The SMILES string of the molecule is CC[C@H](C)[C@@H]1NC(=O)[C@H](Cc2ccc(O)cc2)NC(=O)[C@@H](N)CSSC[C@@H](C(=O)N2CCC[C@H]2C(=O)N[C@@H](CC(C)C)C(=O)NCC(N)=O)NC(=O)[C@H](CC(N)=O)NC(=O)[C@H](CCC(N)=O)NC1=O.C[C@]12CC[C@@H]3c4ccc(O)cc4CC[C@H]3[C@@H]1CC[C@@H]2O. The highest BCUT2D eigenvalue weighted by Gasteiger charge is 2.54. The second-order valence-electron chi connectivity index (χ2n) is 24.8. The third kappa shape index (κ3) is 19.4. The molecule has 11 amide bonds. The number of aryl methyl sites for hydroxylation is 1. The molecule has 89 heavy (non-hydrogen) atoms. The maximum absolute atomic E-state index is 14.5. The van der Waals surface area contributed by atoms with Crippen molar-refractivity contribution in [2.75, 3.05) is 24.6 Å². The van der Waals surface area contributed by atoms with Gasteiger partial charge < -0.3 is 80.4 Å². The number of rotatable bonds is 17. The van der Waals surface area contributed by atoms with E-state index in [0.29, 0.717) is 36.0 Å². The van der Waals surface area contributed by atoms with E-state index in [1.54, 1.807) is 13.8 Å². The molecule has 14 atom stereocenters. The summed E-state index contributed by atoms with van der Waals surface area (Å²) in [7, 11) is 2.05. The summed E-state index contributed by atoms with van der Waals surface area (Å²) in [5.41, 5.74) is 25.9. The molecule has 2 heterocycles. The van der Waals surface area contributed by atoms with Gasteiger partial charge in [-0.3, -0.25) is 52.7 Å². The van der Waals surface area contributed by atoms with Crippen LogP contribution in [0, 0.1) is 29.1 Å². The molecule has 26 nitrogen and oxygen atoms in total. The van der Waals surface area contributed by atoms with Crippen molar-refractivity contribution in [1.29, 1.82) is 0 Å². The maximum atomic E-state index is 14.5. The first-order chi connectivity index (χ1) is 42.1. The summed E-state index contributed by atoms with van der Waals surface area (Å²) in [4.78, 5) is 148. The van der Waals surface area contributed by atoms with Gasteiger partial charge in [-0.15, -0.1) is 0 Å². The van der Waals surface area contributed by atoms with Crippen LogP contribution < -0.4 is 60.2 Å². The molecule has 490 valence electrons. The monoisotopic (exact) mass is 1280 g/mol. The quantitative estimate of drug-likeness (QED) is 0.0927. The Balaban J connectivity index is 0.000000521. The zero-order valence-corrected chi connectivity index (χ0v) is 52.9. The number of fused-ring (bicyclic) bond motifs is 5. The molecule has 4 fully saturated rings. The number of nitrogens with one attached hydrogen (secondary N) is 7. The smallest absolute Gasteiger partial charge is 0.246 e. The predicted octanol–water partition coefficient (Wildman–Crippen LogP) is 0.000600. The number of likely N-dealkylation sites (tertiary alicyclic amines) is 1. The molecule has 28 heteroatoms. The molecule has 0 bridgehead atoms. The van der Waals surface area contributed by atoms with Crippen LogP contribution >= 0.6 is 21.6 Å². The van der Waals surface area contributed by atoms with Crippen LogP contribution in [0.3, 0.4) is 0 Å². The number of carbonyl (C=O) groups excluding carboxylic acids is 11. The summed E-state index contributed by atoms with van der Waals surface area (Å²) in [6.07, 6.45) is 6.09. The van der Waals surface area contributed by atoms with E-state index in [9.17, 15) is 68.1 Å². The lowest BCUT2D eigenvalue weighted by atomic mass is 9.55. The normalized spacial score (nSPS) is 28.4. The fourth-order valence-corrected chi connectivity index (χ4v) is 15.2. The van der Waals surface area contributed by atoms with Gasteiger partial charge in [0.05, 0.1) is 25.1 Å². The van der Waals surface area contributed by atoms with Crippen LogP contribution in [0.5, 0.6) is 11.5 Å². The predicted molar refractivity (Wildman–Crippen MR) is 333 cm³/mol. The molecule has 5 aliphatic rings. The van der Waals surface area contributed by atoms with E-state index in [1.807, 2.05) is 26.0 Å². The summed E-state index contributed by atoms with van der Waals surface area (Å²) < 4.78 is 0. The van der Waals surface area contributed by atoms with E-state index in [-0.39, 0.29) is 60.5 Å². The lowest BCUT2D eigenvalue weighted by molar-refractivity contribution is -0.142. The summed E-state index contributed by atoms with van der Waals surface area (Å²) in [6, 6.07) is 0.907. The number of nitrogens with zero attached hydrogens (tertiary/aromatic N) is 1. The fourth-order valence-electron chi connectivity index (χ4n) is 12.9. The number of aliphatic hydroxyl groups is 1. The standard InChI is InChI=1S/C43H66N12O12S2.C18H24O2/c1-5-22(4)35-42(66)49-26(12-13-32(45)57)38(62)51-29(17-33(46)58)39(63)53-30(20-69-68-19-25(44)36(60)50-28(40(64)54-35)16-23-8-10-24(56)11-9-23)43(67)55-14-6-7-31(55)41(65)52-27(15-21(2)3)37(61)48-18-34(47)59;1-18-9-8-14-13-5-3-12(19)10-11(13)2-4-15(14)16(18)6-7-17(18)20/h8-11,21-22,25-31,35,56H,5-7,12-20,44H2,1-4H3,(H2,45,57)(H2,46,58)(H2,47,59)(H,48,61)(H,49,66)(H,50,60)(H,51,62)(H,52,65)(H,53,63)(H,54,64);3,5,10,14-17,19-20H,2,4,6-9H2,1H3/t22-,25-,26-,27-,28-,29-,30-,31-,35-;14-,15-,16+,17+,18+/m01/s1. The van der Waals surface area contributed by atoms with Gasteiger partial charge in [0.1, 0.15) is 53.8 Å². The second-order valence-corrected chi connectivity index (χ2v) is 27.4. The number of amides is 11. The van der Waals surface area contributed by atoms with Crippen molar-refractivity contribution >= 4 is 86.6 Å². The third-order valence-electron chi connectivity index (χ3n) is 17.9. The number of primary amides is 3. The van der Waals surface area contributed by atoms with Gasteiger partial charge in [-0.2, -0.15) is 0 Å². The first-order valence-electron chi connectivity index (χ1n) is 30.6. The molecule has 0 radical (unpaired) electrons. The van der Waals surface area contributed by atoms with Gasteiger partial charge in [0, 0.05) is 30.9 Å². The Bertz CT molecular complexity index is 2900. The van der Waals surface area contributed by atoms with Crippen molar-refractivity contribution in [3.63, 3.8) is 0 Å². The molecule has 2 aromatic carbocycles. The molecule has 0 spiro atoms. The highest BCUT2D eigenvalue weighted by molar-refractivity contribution is 8.76. The average molecular weight is 1280 g/mol. The van der Waals surface area contributed by atoms with Gasteiger partial charge in [0.2, 0.25) is 65.0 Å². The molecular formula is C61H90N12O14S2. The second kappa shape index (κ2) is 32.5. The summed E-state index contributed by atoms with van der Waals surface area (Å²) >= 11 is 0. The summed E-state index contributed by atoms with van der Waals surface area (Å²) in [5.74, 6) is -7.90. The Morgan fingerprint density at radius 1 is 0.753 bits per heavy atom. The Morgan fingerprint density at radius 3 is 2.07 bits per heavy atom. The number of aromatic hydroxyl groups is 2. The van der Waals surface area contributed by atoms with Crippen molar-refractivity contribution < 1.29 is 68.1 Å². The topological polar surface area (TPSA) is 440 Å². The Kier molecular flexibility index (Phi) is 25.9. The molecule has 0 aromatic heterocycles. The van der Waals surface area contributed by atoms with Crippen LogP contribution in [0.2, 0.25) is 0 Å². The first-order valence-corrected chi connectivity index (χ1v) is 33.1. The first kappa shape index (κ1) is 70.9. The molecule has 0 unspecified atom stereocenters. The van der Waals surface area contributed by atoms with Crippen LogP contribution in [-0.4, -0.2) is 164 Å². The summed E-state index contributed by atoms with van der Waals surface area (Å²) in [6.45, 7) is 8.92. The number of hydrogen-bond donors (Lipinski definition) is 14. The van der Waals surface area contributed by atoms with Crippen molar-refractivity contribution in [2.24, 2.45) is 52.0 Å². The zero-order valence-electron chi connectivity index (χ0n) is 51.3. The van der Waals surface area contributed by atoms with Crippen molar-refractivity contribution in [3.05, 3.63) is 59.2 Å².